The number of ether oxygens (including phenoxy) is 1. The third-order valence-corrected chi connectivity index (χ3v) is 5.29. The zero-order chi connectivity index (χ0) is 18.4. The van der Waals surface area contributed by atoms with E-state index in [0.717, 1.165) is 31.1 Å². The van der Waals surface area contributed by atoms with E-state index in [4.69, 9.17) is 4.74 Å². The van der Waals surface area contributed by atoms with Gasteiger partial charge in [0.25, 0.3) is 0 Å². The van der Waals surface area contributed by atoms with Crippen LogP contribution in [0, 0.1) is 0 Å². The van der Waals surface area contributed by atoms with Crippen LogP contribution in [0.2, 0.25) is 0 Å². The van der Waals surface area contributed by atoms with Gasteiger partial charge in [-0.05, 0) is 63.3 Å². The van der Waals surface area contributed by atoms with Crippen LogP contribution in [0.4, 0.5) is 10.5 Å². The second kappa shape index (κ2) is 6.20. The molecule has 0 radical (unpaired) electrons. The predicted molar refractivity (Wildman–Crippen MR) is 97.3 cm³/mol. The first-order valence-electron chi connectivity index (χ1n) is 8.64. The van der Waals surface area contributed by atoms with Crippen molar-refractivity contribution >= 4 is 21.8 Å². The lowest BCUT2D eigenvalue weighted by molar-refractivity contribution is 0.00832. The van der Waals surface area contributed by atoms with Gasteiger partial charge >= 0.3 is 6.09 Å². The highest BCUT2D eigenvalue weighted by Crippen LogP contribution is 2.43. The molecule has 6 nitrogen and oxygen atoms in total. The smallest absolute Gasteiger partial charge is 0.410 e. The summed E-state index contributed by atoms with van der Waals surface area (Å²) < 4.78 is 31.0. The molecule has 1 N–H and O–H groups in total. The van der Waals surface area contributed by atoms with Crippen molar-refractivity contribution in [3.8, 4) is 0 Å². The molecule has 0 saturated carbocycles. The molecule has 7 heteroatoms. The topological polar surface area (TPSA) is 75.7 Å². The van der Waals surface area contributed by atoms with Crippen molar-refractivity contribution in [3.63, 3.8) is 0 Å². The largest absolute Gasteiger partial charge is 0.444 e. The molecule has 1 saturated heterocycles. The number of carbonyl (C=O) groups is 1. The Balaban J connectivity index is 1.82. The molecule has 1 aromatic rings. The highest BCUT2D eigenvalue weighted by molar-refractivity contribution is 7.92. The number of carbonyl (C=O) groups excluding carboxylic acids is 1. The van der Waals surface area contributed by atoms with E-state index in [1.165, 1.54) is 5.56 Å². The molecule has 1 aromatic carbocycles. The van der Waals surface area contributed by atoms with Crippen molar-refractivity contribution in [2.45, 2.75) is 57.6 Å². The molecule has 0 unspecified atom stereocenters. The first-order chi connectivity index (χ1) is 11.5. The molecule has 0 spiro atoms. The van der Waals surface area contributed by atoms with Gasteiger partial charge < -0.3 is 9.64 Å². The number of benzene rings is 1. The lowest BCUT2D eigenvalue weighted by atomic mass is 9.89. The van der Waals surface area contributed by atoms with Crippen molar-refractivity contribution in [2.24, 2.45) is 0 Å². The molecular formula is C18H26N2O4S. The molecule has 3 rings (SSSR count). The molecule has 1 aliphatic heterocycles. The molecule has 1 aliphatic carbocycles. The van der Waals surface area contributed by atoms with Crippen molar-refractivity contribution in [3.05, 3.63) is 29.3 Å². The van der Waals surface area contributed by atoms with Gasteiger partial charge in [0.15, 0.2) is 0 Å². The van der Waals surface area contributed by atoms with Crippen LogP contribution >= 0.6 is 0 Å². The summed E-state index contributed by atoms with van der Waals surface area (Å²) >= 11 is 0. The van der Waals surface area contributed by atoms with E-state index in [2.05, 4.69) is 4.72 Å². The van der Waals surface area contributed by atoms with Gasteiger partial charge in [-0.3, -0.25) is 4.72 Å². The third kappa shape index (κ3) is 4.08. The van der Waals surface area contributed by atoms with Gasteiger partial charge in [-0.2, -0.15) is 0 Å². The number of sulfonamides is 1. The number of anilines is 1. The SMILES string of the molecule is CC(C)(C)OC(=O)N1CCC[C@@H]2c3ccc(NS(C)(=O)=O)cc3C[C@@H]21. The molecule has 1 amide bonds. The van der Waals surface area contributed by atoms with Crippen LogP contribution in [0.15, 0.2) is 18.2 Å². The van der Waals surface area contributed by atoms with Crippen LogP contribution in [0.3, 0.4) is 0 Å². The van der Waals surface area contributed by atoms with Crippen molar-refractivity contribution in [2.75, 3.05) is 17.5 Å². The molecular weight excluding hydrogens is 340 g/mol. The first kappa shape index (κ1) is 18.0. The van der Waals surface area contributed by atoms with E-state index >= 15 is 0 Å². The maximum Gasteiger partial charge on any atom is 0.410 e. The number of piperidine rings is 1. The van der Waals surface area contributed by atoms with E-state index in [0.29, 0.717) is 18.2 Å². The van der Waals surface area contributed by atoms with Gasteiger partial charge in [-0.25, -0.2) is 13.2 Å². The normalized spacial score (nSPS) is 23.0. The molecule has 2 atom stereocenters. The van der Waals surface area contributed by atoms with E-state index in [9.17, 15) is 13.2 Å². The second-order valence-corrected chi connectivity index (χ2v) is 9.73. The summed E-state index contributed by atoms with van der Waals surface area (Å²) in [6, 6.07) is 5.77. The zero-order valence-electron chi connectivity index (χ0n) is 15.2. The Labute approximate surface area is 149 Å². The Morgan fingerprint density at radius 1 is 1.32 bits per heavy atom. The molecule has 25 heavy (non-hydrogen) atoms. The number of nitrogens with zero attached hydrogens (tertiary/aromatic N) is 1. The number of amides is 1. The number of nitrogens with one attached hydrogen (secondary N) is 1. The standard InChI is InChI=1S/C18H26N2O4S/c1-18(2,3)24-17(21)20-9-5-6-15-14-8-7-13(19-25(4,22)23)10-12(14)11-16(15)20/h7-8,10,15-16,19H,5-6,9,11H2,1-4H3/t15-,16+/m1/s1. The maximum absolute atomic E-state index is 12.6. The molecule has 0 bridgehead atoms. The molecule has 1 fully saturated rings. The number of fused-ring (bicyclic) bond motifs is 3. The average molecular weight is 366 g/mol. The number of hydrogen-bond donors (Lipinski definition) is 1. The summed E-state index contributed by atoms with van der Waals surface area (Å²) in [6.45, 7) is 6.33. The summed E-state index contributed by atoms with van der Waals surface area (Å²) in [6.07, 6.45) is 3.60. The molecule has 2 aliphatic rings. The fourth-order valence-electron chi connectivity index (χ4n) is 3.87. The quantitative estimate of drug-likeness (QED) is 0.873. The number of hydrogen-bond acceptors (Lipinski definition) is 4. The van der Waals surface area contributed by atoms with Gasteiger partial charge in [0.05, 0.1) is 6.26 Å². The van der Waals surface area contributed by atoms with E-state index in [1.54, 1.807) is 6.07 Å². The molecule has 1 heterocycles. The van der Waals surface area contributed by atoms with Gasteiger partial charge in [0, 0.05) is 24.2 Å². The van der Waals surface area contributed by atoms with Crippen molar-refractivity contribution in [1.29, 1.82) is 0 Å². The second-order valence-electron chi connectivity index (χ2n) is 7.98. The van der Waals surface area contributed by atoms with Gasteiger partial charge in [0.2, 0.25) is 10.0 Å². The highest BCUT2D eigenvalue weighted by atomic mass is 32.2. The Morgan fingerprint density at radius 3 is 2.68 bits per heavy atom. The minimum absolute atomic E-state index is 0.0899. The predicted octanol–water partition coefficient (Wildman–Crippen LogP) is 3.10. The Morgan fingerprint density at radius 2 is 2.04 bits per heavy atom. The molecule has 138 valence electrons. The van der Waals surface area contributed by atoms with Crippen molar-refractivity contribution in [1.82, 2.24) is 4.90 Å². The van der Waals surface area contributed by atoms with E-state index in [-0.39, 0.29) is 12.1 Å². The van der Waals surface area contributed by atoms with E-state index < -0.39 is 15.6 Å². The number of likely N-dealkylation sites (tertiary alicyclic amines) is 1. The molecule has 0 aromatic heterocycles. The monoisotopic (exact) mass is 366 g/mol. The van der Waals surface area contributed by atoms with Gasteiger partial charge in [-0.15, -0.1) is 0 Å². The fourth-order valence-corrected chi connectivity index (χ4v) is 4.42. The van der Waals surface area contributed by atoms with Gasteiger partial charge in [-0.1, -0.05) is 6.07 Å². The Hall–Kier alpha value is -1.76. The lowest BCUT2D eigenvalue weighted by Gasteiger charge is -2.38. The highest BCUT2D eigenvalue weighted by Gasteiger charge is 2.42. The Kier molecular flexibility index (Phi) is 4.47. The fraction of sp³-hybridized carbons (Fsp3) is 0.611. The lowest BCUT2D eigenvalue weighted by Crippen LogP contribution is -2.48. The van der Waals surface area contributed by atoms with Crippen LogP contribution in [-0.2, 0) is 21.2 Å². The summed E-state index contributed by atoms with van der Waals surface area (Å²) in [5.41, 5.74) is 2.39. The summed E-state index contributed by atoms with van der Waals surface area (Å²) in [7, 11) is -3.30. The average Bonchev–Trinajstić information content (AvgIpc) is 2.80. The van der Waals surface area contributed by atoms with Crippen LogP contribution in [0.5, 0.6) is 0 Å². The van der Waals surface area contributed by atoms with Gasteiger partial charge in [0.1, 0.15) is 5.60 Å². The zero-order valence-corrected chi connectivity index (χ0v) is 16.0. The van der Waals surface area contributed by atoms with Crippen LogP contribution in [-0.4, -0.2) is 43.9 Å². The minimum atomic E-state index is -3.30. The summed E-state index contributed by atoms with van der Waals surface area (Å²) in [5.74, 6) is 0.295. The summed E-state index contributed by atoms with van der Waals surface area (Å²) in [4.78, 5) is 14.4. The Bertz CT molecular complexity index is 783. The van der Waals surface area contributed by atoms with Crippen LogP contribution < -0.4 is 4.72 Å². The van der Waals surface area contributed by atoms with Crippen LogP contribution in [0.25, 0.3) is 0 Å². The summed E-state index contributed by atoms with van der Waals surface area (Å²) in [5, 5.41) is 0. The van der Waals surface area contributed by atoms with Crippen molar-refractivity contribution < 1.29 is 17.9 Å². The maximum atomic E-state index is 12.6. The first-order valence-corrected chi connectivity index (χ1v) is 10.5. The number of rotatable bonds is 2. The van der Waals surface area contributed by atoms with E-state index in [1.807, 2.05) is 37.8 Å². The minimum Gasteiger partial charge on any atom is -0.444 e. The van der Waals surface area contributed by atoms with Crippen LogP contribution in [0.1, 0.15) is 50.7 Å². The third-order valence-electron chi connectivity index (χ3n) is 4.68.